The molecule has 0 aliphatic heterocycles. The van der Waals surface area contributed by atoms with Gasteiger partial charge in [-0.3, -0.25) is 0 Å². The maximum absolute atomic E-state index is 11.7. The molecular formula is C18H15ClN2O2S. The van der Waals surface area contributed by atoms with Crippen LogP contribution in [0.4, 0.5) is 5.69 Å². The highest BCUT2D eigenvalue weighted by molar-refractivity contribution is 7.15. The van der Waals surface area contributed by atoms with Crippen LogP contribution in [0, 0.1) is 0 Å². The van der Waals surface area contributed by atoms with Crippen LogP contribution in [0.25, 0.3) is 11.1 Å². The Labute approximate surface area is 149 Å². The number of ether oxygens (including phenoxy) is 1. The maximum Gasteiger partial charge on any atom is 0.337 e. The molecule has 2 aromatic carbocycles. The maximum atomic E-state index is 11.7. The molecule has 0 aliphatic carbocycles. The highest BCUT2D eigenvalue weighted by Gasteiger charge is 2.10. The molecule has 24 heavy (non-hydrogen) atoms. The summed E-state index contributed by atoms with van der Waals surface area (Å²) in [5.74, 6) is -0.346. The van der Waals surface area contributed by atoms with Crippen LogP contribution in [0.5, 0.6) is 0 Å². The van der Waals surface area contributed by atoms with E-state index >= 15 is 0 Å². The van der Waals surface area contributed by atoms with Crippen LogP contribution < -0.4 is 5.32 Å². The first-order valence-corrected chi connectivity index (χ1v) is 8.48. The van der Waals surface area contributed by atoms with Gasteiger partial charge in [0.1, 0.15) is 0 Å². The minimum absolute atomic E-state index is 0.346. The number of rotatable bonds is 5. The van der Waals surface area contributed by atoms with Crippen LogP contribution in [-0.4, -0.2) is 18.1 Å². The van der Waals surface area contributed by atoms with E-state index in [9.17, 15) is 4.79 Å². The van der Waals surface area contributed by atoms with Crippen molar-refractivity contribution in [3.05, 3.63) is 69.6 Å². The Morgan fingerprint density at radius 1 is 1.25 bits per heavy atom. The molecule has 0 bridgehead atoms. The van der Waals surface area contributed by atoms with Gasteiger partial charge < -0.3 is 10.1 Å². The van der Waals surface area contributed by atoms with E-state index in [0.29, 0.717) is 16.6 Å². The first-order chi connectivity index (χ1) is 11.7. The van der Waals surface area contributed by atoms with Gasteiger partial charge in [0.05, 0.1) is 19.2 Å². The lowest BCUT2D eigenvalue weighted by Gasteiger charge is -2.12. The van der Waals surface area contributed by atoms with E-state index in [1.807, 2.05) is 42.5 Å². The minimum atomic E-state index is -0.346. The van der Waals surface area contributed by atoms with Crippen molar-refractivity contribution < 1.29 is 9.53 Å². The molecule has 1 heterocycles. The molecule has 0 atom stereocenters. The third kappa shape index (κ3) is 3.75. The van der Waals surface area contributed by atoms with E-state index in [-0.39, 0.29) is 5.97 Å². The number of hydrogen-bond donors (Lipinski definition) is 1. The van der Waals surface area contributed by atoms with Crippen LogP contribution in [0.3, 0.4) is 0 Å². The van der Waals surface area contributed by atoms with Crippen molar-refractivity contribution in [1.82, 2.24) is 4.98 Å². The number of methoxy groups -OCH3 is 1. The van der Waals surface area contributed by atoms with Crippen LogP contribution in [0.2, 0.25) is 4.47 Å². The lowest BCUT2D eigenvalue weighted by Crippen LogP contribution is -2.02. The van der Waals surface area contributed by atoms with E-state index in [4.69, 9.17) is 16.3 Å². The highest BCUT2D eigenvalue weighted by atomic mass is 35.5. The Kier molecular flexibility index (Phi) is 5.13. The number of para-hydroxylation sites is 1. The van der Waals surface area contributed by atoms with Crippen LogP contribution in [-0.2, 0) is 11.3 Å². The van der Waals surface area contributed by atoms with E-state index in [0.717, 1.165) is 21.7 Å². The molecule has 1 N–H and O–H groups in total. The van der Waals surface area contributed by atoms with Crippen molar-refractivity contribution in [2.45, 2.75) is 6.54 Å². The predicted octanol–water partition coefficient (Wildman–Crippen LogP) is 4.86. The van der Waals surface area contributed by atoms with Crippen LogP contribution in [0.15, 0.2) is 54.7 Å². The molecule has 1 aromatic heterocycles. The summed E-state index contributed by atoms with van der Waals surface area (Å²) in [6.45, 7) is 0.637. The fourth-order valence-corrected chi connectivity index (χ4v) is 3.29. The molecule has 0 fully saturated rings. The third-order valence-corrected chi connectivity index (χ3v) is 4.61. The molecule has 122 valence electrons. The van der Waals surface area contributed by atoms with Gasteiger partial charge >= 0.3 is 5.97 Å². The normalized spacial score (nSPS) is 10.4. The van der Waals surface area contributed by atoms with Gasteiger partial charge in [-0.2, -0.15) is 0 Å². The highest BCUT2D eigenvalue weighted by Crippen LogP contribution is 2.29. The summed E-state index contributed by atoms with van der Waals surface area (Å²) in [6, 6.07) is 15.3. The van der Waals surface area contributed by atoms with Crippen molar-refractivity contribution in [1.29, 1.82) is 0 Å². The number of aromatic nitrogens is 1. The average Bonchev–Trinajstić information content (AvgIpc) is 3.05. The van der Waals surface area contributed by atoms with Crippen molar-refractivity contribution in [2.75, 3.05) is 12.4 Å². The Morgan fingerprint density at radius 2 is 2.08 bits per heavy atom. The molecule has 0 amide bonds. The number of nitrogens with zero attached hydrogens (tertiary/aromatic N) is 1. The van der Waals surface area contributed by atoms with Crippen molar-refractivity contribution in [3.8, 4) is 11.1 Å². The summed E-state index contributed by atoms with van der Waals surface area (Å²) >= 11 is 7.31. The van der Waals surface area contributed by atoms with Gasteiger partial charge in [-0.15, -0.1) is 11.3 Å². The number of thiazole rings is 1. The summed E-state index contributed by atoms with van der Waals surface area (Å²) < 4.78 is 5.33. The number of nitrogens with one attached hydrogen (secondary N) is 1. The second-order valence-corrected chi connectivity index (χ2v) is 6.75. The number of carbonyl (C=O) groups excluding carboxylic acids is 1. The smallest absolute Gasteiger partial charge is 0.337 e. The summed E-state index contributed by atoms with van der Waals surface area (Å²) in [5, 5.41) is 3.40. The molecular weight excluding hydrogens is 344 g/mol. The third-order valence-electron chi connectivity index (χ3n) is 3.50. The fourth-order valence-electron chi connectivity index (χ4n) is 2.37. The van der Waals surface area contributed by atoms with Gasteiger partial charge in [0.2, 0.25) is 0 Å². The number of carbonyl (C=O) groups is 1. The Balaban J connectivity index is 1.87. The summed E-state index contributed by atoms with van der Waals surface area (Å²) in [7, 11) is 1.38. The molecule has 3 rings (SSSR count). The largest absolute Gasteiger partial charge is 0.465 e. The molecule has 3 aromatic rings. The minimum Gasteiger partial charge on any atom is -0.465 e. The van der Waals surface area contributed by atoms with Gasteiger partial charge in [0.15, 0.2) is 4.47 Å². The monoisotopic (exact) mass is 358 g/mol. The van der Waals surface area contributed by atoms with Crippen molar-refractivity contribution in [2.24, 2.45) is 0 Å². The topological polar surface area (TPSA) is 51.2 Å². The first kappa shape index (κ1) is 16.5. The zero-order chi connectivity index (χ0) is 16.9. The molecule has 0 unspecified atom stereocenters. The van der Waals surface area contributed by atoms with Gasteiger partial charge in [-0.25, -0.2) is 9.78 Å². The average molecular weight is 359 g/mol. The second-order valence-electron chi connectivity index (χ2n) is 5.05. The number of anilines is 1. The number of hydrogen-bond acceptors (Lipinski definition) is 5. The van der Waals surface area contributed by atoms with Crippen LogP contribution in [0.1, 0.15) is 15.2 Å². The van der Waals surface area contributed by atoms with Crippen molar-refractivity contribution in [3.63, 3.8) is 0 Å². The molecule has 4 nitrogen and oxygen atoms in total. The number of benzene rings is 2. The van der Waals surface area contributed by atoms with E-state index < -0.39 is 0 Å². The molecule has 0 saturated carbocycles. The number of esters is 1. The molecule has 6 heteroatoms. The molecule has 0 radical (unpaired) electrons. The van der Waals surface area contributed by atoms with Gasteiger partial charge in [-0.05, 0) is 23.8 Å². The Bertz CT molecular complexity index is 863. The van der Waals surface area contributed by atoms with Crippen molar-refractivity contribution >= 4 is 34.6 Å². The Morgan fingerprint density at radius 3 is 2.83 bits per heavy atom. The van der Waals surface area contributed by atoms with Gasteiger partial charge in [0, 0.05) is 22.3 Å². The summed E-state index contributed by atoms with van der Waals surface area (Å²) in [5.41, 5.74) is 3.46. The summed E-state index contributed by atoms with van der Waals surface area (Å²) in [6.07, 6.45) is 1.76. The van der Waals surface area contributed by atoms with E-state index in [1.165, 1.54) is 18.4 Å². The lowest BCUT2D eigenvalue weighted by atomic mass is 10.0. The van der Waals surface area contributed by atoms with Gasteiger partial charge in [-0.1, -0.05) is 41.9 Å². The molecule has 0 saturated heterocycles. The van der Waals surface area contributed by atoms with E-state index in [2.05, 4.69) is 10.3 Å². The van der Waals surface area contributed by atoms with Crippen LogP contribution >= 0.6 is 22.9 Å². The predicted molar refractivity (Wildman–Crippen MR) is 97.7 cm³/mol. The zero-order valence-corrected chi connectivity index (χ0v) is 14.5. The second kappa shape index (κ2) is 7.47. The molecule has 0 aliphatic rings. The Hall–Kier alpha value is -2.37. The lowest BCUT2D eigenvalue weighted by molar-refractivity contribution is 0.0601. The fraction of sp³-hybridized carbons (Fsp3) is 0.111. The molecule has 0 spiro atoms. The standard InChI is InChI=1S/C18H15ClN2O2S/c1-23-17(22)13-6-4-5-12(9-13)15-7-2-3-8-16(15)20-10-14-11-21-18(19)24-14/h2-9,11,20H,10H2,1H3. The number of halogens is 1. The first-order valence-electron chi connectivity index (χ1n) is 7.29. The quantitative estimate of drug-likeness (QED) is 0.661. The SMILES string of the molecule is COC(=O)c1cccc(-c2ccccc2NCc2cnc(Cl)s2)c1. The zero-order valence-electron chi connectivity index (χ0n) is 13.0. The summed E-state index contributed by atoms with van der Waals surface area (Å²) in [4.78, 5) is 16.8. The van der Waals surface area contributed by atoms with Gasteiger partial charge in [0.25, 0.3) is 0 Å². The van der Waals surface area contributed by atoms with E-state index in [1.54, 1.807) is 12.3 Å².